The highest BCUT2D eigenvalue weighted by atomic mass is 19.1. The van der Waals surface area contributed by atoms with Crippen molar-refractivity contribution in [2.45, 2.75) is 31.0 Å². The quantitative estimate of drug-likeness (QED) is 0.437. The number of carbonyl (C=O) groups excluding carboxylic acids is 1. The third kappa shape index (κ3) is 6.23. The first-order valence-electron chi connectivity index (χ1n) is 11.7. The van der Waals surface area contributed by atoms with Gasteiger partial charge < -0.3 is 25.8 Å². The van der Waals surface area contributed by atoms with Gasteiger partial charge in [0.15, 0.2) is 11.6 Å². The normalized spacial score (nSPS) is 18.6. The average Bonchev–Trinajstić information content (AvgIpc) is 2.87. The number of anilines is 1. The smallest absolute Gasteiger partial charge is 0.242 e. The maximum atomic E-state index is 14.6. The maximum Gasteiger partial charge on any atom is 0.242 e. The van der Waals surface area contributed by atoms with Crippen molar-refractivity contribution in [1.29, 1.82) is 0 Å². The lowest BCUT2D eigenvalue weighted by Crippen LogP contribution is -2.47. The van der Waals surface area contributed by atoms with Crippen LogP contribution >= 0.6 is 0 Å². The van der Waals surface area contributed by atoms with Crippen LogP contribution < -0.4 is 21.1 Å². The topological polar surface area (TPSA) is 85.6 Å². The zero-order valence-corrected chi connectivity index (χ0v) is 19.7. The first-order chi connectivity index (χ1) is 17.3. The Kier molecular flexibility index (Phi) is 8.25. The lowest BCUT2D eigenvalue weighted by Gasteiger charge is -2.28. The fourth-order valence-electron chi connectivity index (χ4n) is 4.08. The van der Waals surface area contributed by atoms with Gasteiger partial charge in [-0.2, -0.15) is 0 Å². The molecule has 4 rings (SSSR count). The Balaban J connectivity index is 1.54. The van der Waals surface area contributed by atoms with Crippen LogP contribution in [0.25, 0.3) is 0 Å². The van der Waals surface area contributed by atoms with Crippen LogP contribution in [0, 0.1) is 17.5 Å². The Morgan fingerprint density at radius 2 is 1.67 bits per heavy atom. The molecule has 1 heterocycles. The molecule has 1 aliphatic heterocycles. The van der Waals surface area contributed by atoms with Crippen molar-refractivity contribution in [1.82, 2.24) is 5.32 Å². The number of hydrogen-bond acceptors (Lipinski definition) is 5. The first kappa shape index (κ1) is 25.7. The molecule has 1 saturated heterocycles. The van der Waals surface area contributed by atoms with Crippen LogP contribution in [0.2, 0.25) is 0 Å². The summed E-state index contributed by atoms with van der Waals surface area (Å²) in [6.45, 7) is 3.15. The Bertz CT molecular complexity index is 1120. The largest absolute Gasteiger partial charge is 0.486 e. The van der Waals surface area contributed by atoms with Gasteiger partial charge >= 0.3 is 0 Å². The van der Waals surface area contributed by atoms with Crippen molar-refractivity contribution in [3.05, 3.63) is 95.3 Å². The average molecular weight is 500 g/mol. The molecule has 0 saturated carbocycles. The fourth-order valence-corrected chi connectivity index (χ4v) is 4.08. The van der Waals surface area contributed by atoms with E-state index in [1.807, 2.05) is 6.92 Å². The second kappa shape index (κ2) is 11.6. The maximum absolute atomic E-state index is 14.6. The van der Waals surface area contributed by atoms with Gasteiger partial charge in [-0.25, -0.2) is 13.2 Å². The minimum atomic E-state index is -1.16. The van der Waals surface area contributed by atoms with Gasteiger partial charge in [0.2, 0.25) is 5.91 Å². The zero-order chi connectivity index (χ0) is 25.7. The van der Waals surface area contributed by atoms with E-state index >= 15 is 0 Å². The summed E-state index contributed by atoms with van der Waals surface area (Å²) in [5.74, 6) is -2.99. The highest BCUT2D eigenvalue weighted by Crippen LogP contribution is 2.31. The third-order valence-corrected chi connectivity index (χ3v) is 6.03. The van der Waals surface area contributed by atoms with Crippen molar-refractivity contribution in [3.8, 4) is 5.75 Å². The van der Waals surface area contributed by atoms with Crippen molar-refractivity contribution in [3.63, 3.8) is 0 Å². The number of rotatable bonds is 8. The zero-order valence-electron chi connectivity index (χ0n) is 19.7. The van der Waals surface area contributed by atoms with E-state index in [2.05, 4.69) is 10.6 Å². The minimum Gasteiger partial charge on any atom is -0.486 e. The van der Waals surface area contributed by atoms with Gasteiger partial charge in [0.1, 0.15) is 24.3 Å². The molecule has 6 nitrogen and oxygen atoms in total. The number of nitrogens with two attached hydrogens (primary N) is 1. The number of morpholine rings is 1. The third-order valence-electron chi connectivity index (χ3n) is 6.03. The van der Waals surface area contributed by atoms with E-state index in [0.29, 0.717) is 24.3 Å². The molecular formula is C27H28F3N3O3. The summed E-state index contributed by atoms with van der Waals surface area (Å²) < 4.78 is 53.1. The Hall–Kier alpha value is -3.40. The molecule has 190 valence electrons. The number of para-hydroxylation sites is 1. The molecular weight excluding hydrogens is 471 g/mol. The van der Waals surface area contributed by atoms with E-state index in [4.69, 9.17) is 15.2 Å². The second-order valence-corrected chi connectivity index (χ2v) is 8.79. The number of amides is 1. The van der Waals surface area contributed by atoms with Crippen molar-refractivity contribution in [2.24, 2.45) is 5.73 Å². The SMILES string of the molecule is C[C@H]1CO[C@H](COc2c(F)cccc2NC(=O)[C@@H](N)C(c2ccc(F)cc2)c2ccc(F)cc2)CN1. The molecule has 0 unspecified atom stereocenters. The second-order valence-electron chi connectivity index (χ2n) is 8.79. The molecule has 0 bridgehead atoms. The predicted octanol–water partition coefficient (Wildman–Crippen LogP) is 3.96. The summed E-state index contributed by atoms with van der Waals surface area (Å²) in [7, 11) is 0. The number of ether oxygens (including phenoxy) is 2. The van der Waals surface area contributed by atoms with Gasteiger partial charge in [-0.3, -0.25) is 4.79 Å². The number of halogens is 3. The molecule has 0 aliphatic carbocycles. The summed E-state index contributed by atoms with van der Waals surface area (Å²) >= 11 is 0. The van der Waals surface area contributed by atoms with E-state index in [1.165, 1.54) is 66.7 Å². The van der Waals surface area contributed by atoms with Crippen LogP contribution in [0.15, 0.2) is 66.7 Å². The van der Waals surface area contributed by atoms with Gasteiger partial charge in [-0.15, -0.1) is 0 Å². The Morgan fingerprint density at radius 3 is 2.22 bits per heavy atom. The summed E-state index contributed by atoms with van der Waals surface area (Å²) in [6.07, 6.45) is -0.270. The standard InChI is InChI=1S/C27H28F3N3O3/c1-16-14-35-21(13-32-16)15-36-26-22(30)3-2-4-23(26)33-27(34)25(31)24(17-5-9-19(28)10-6-17)18-7-11-20(29)12-8-18/h2-12,16,21,24-25,32H,13-15,31H2,1H3,(H,33,34)/t16-,21-,25-/m0/s1. The van der Waals surface area contributed by atoms with E-state index in [0.717, 1.165) is 0 Å². The molecule has 0 aromatic heterocycles. The molecule has 0 spiro atoms. The van der Waals surface area contributed by atoms with E-state index in [9.17, 15) is 18.0 Å². The fraction of sp³-hybridized carbons (Fsp3) is 0.296. The lowest BCUT2D eigenvalue weighted by molar-refractivity contribution is -0.117. The molecule has 1 amide bonds. The van der Waals surface area contributed by atoms with Crippen LogP contribution in [-0.2, 0) is 9.53 Å². The Labute approximate surface area is 207 Å². The first-order valence-corrected chi connectivity index (χ1v) is 11.7. The predicted molar refractivity (Wildman–Crippen MR) is 130 cm³/mol. The lowest BCUT2D eigenvalue weighted by atomic mass is 9.85. The molecule has 3 aromatic rings. The molecule has 0 radical (unpaired) electrons. The van der Waals surface area contributed by atoms with Gasteiger partial charge in [0.25, 0.3) is 0 Å². The summed E-state index contributed by atoms with van der Waals surface area (Å²) in [6, 6.07) is 14.4. The number of nitrogens with one attached hydrogen (secondary N) is 2. The molecule has 3 atom stereocenters. The van der Waals surface area contributed by atoms with Crippen molar-refractivity contribution >= 4 is 11.6 Å². The monoisotopic (exact) mass is 499 g/mol. The molecule has 9 heteroatoms. The number of benzene rings is 3. The van der Waals surface area contributed by atoms with Gasteiger partial charge in [0, 0.05) is 18.5 Å². The van der Waals surface area contributed by atoms with Crippen LogP contribution in [0.4, 0.5) is 18.9 Å². The van der Waals surface area contributed by atoms with Crippen LogP contribution in [-0.4, -0.2) is 43.9 Å². The number of carbonyl (C=O) groups is 1. The summed E-state index contributed by atoms with van der Waals surface area (Å²) in [5, 5.41) is 5.92. The van der Waals surface area contributed by atoms with Gasteiger partial charge in [-0.05, 0) is 54.4 Å². The molecule has 1 aliphatic rings. The van der Waals surface area contributed by atoms with Crippen LogP contribution in [0.1, 0.15) is 24.0 Å². The Morgan fingerprint density at radius 1 is 1.06 bits per heavy atom. The molecule has 1 fully saturated rings. The molecule has 4 N–H and O–H groups in total. The summed E-state index contributed by atoms with van der Waals surface area (Å²) in [4.78, 5) is 13.2. The van der Waals surface area contributed by atoms with E-state index in [-0.39, 0.29) is 30.2 Å². The minimum absolute atomic E-state index is 0.0867. The van der Waals surface area contributed by atoms with E-state index < -0.39 is 35.3 Å². The van der Waals surface area contributed by atoms with Crippen molar-refractivity contribution < 1.29 is 27.4 Å². The van der Waals surface area contributed by atoms with Crippen molar-refractivity contribution in [2.75, 3.05) is 25.1 Å². The highest BCUT2D eigenvalue weighted by Gasteiger charge is 2.29. The molecule has 3 aromatic carbocycles. The van der Waals surface area contributed by atoms with E-state index in [1.54, 1.807) is 0 Å². The molecule has 36 heavy (non-hydrogen) atoms. The number of hydrogen-bond donors (Lipinski definition) is 3. The van der Waals surface area contributed by atoms with Crippen LogP contribution in [0.5, 0.6) is 5.75 Å². The van der Waals surface area contributed by atoms with Gasteiger partial charge in [0.05, 0.1) is 18.3 Å². The van der Waals surface area contributed by atoms with Crippen LogP contribution in [0.3, 0.4) is 0 Å². The van der Waals surface area contributed by atoms with Gasteiger partial charge in [-0.1, -0.05) is 30.3 Å². The highest BCUT2D eigenvalue weighted by molar-refractivity contribution is 5.97. The summed E-state index contributed by atoms with van der Waals surface area (Å²) in [5.41, 5.74) is 7.63.